The number of halogens is 3. The Bertz CT molecular complexity index is 625. The zero-order chi connectivity index (χ0) is 14.0. The molecule has 0 unspecified atom stereocenters. The van der Waals surface area contributed by atoms with Crippen molar-refractivity contribution in [2.45, 2.75) is 6.92 Å². The lowest BCUT2D eigenvalue weighted by Gasteiger charge is -2.08. The fourth-order valence-electron chi connectivity index (χ4n) is 1.65. The first kappa shape index (κ1) is 14.0. The number of aryl methyl sites for hydroxylation is 1. The van der Waals surface area contributed by atoms with Crippen LogP contribution in [0.5, 0.6) is 0 Å². The third kappa shape index (κ3) is 3.55. The van der Waals surface area contributed by atoms with E-state index in [0.29, 0.717) is 20.7 Å². The SMILES string of the molecule is Cc1cc(Cl)cc(C(=O)Nc2ccc(F)cc2Br)c1. The molecule has 0 aromatic heterocycles. The molecule has 0 aliphatic heterocycles. The summed E-state index contributed by atoms with van der Waals surface area (Å²) < 4.78 is 13.4. The molecule has 5 heteroatoms. The topological polar surface area (TPSA) is 29.1 Å². The summed E-state index contributed by atoms with van der Waals surface area (Å²) in [7, 11) is 0. The molecule has 2 aromatic carbocycles. The lowest BCUT2D eigenvalue weighted by Crippen LogP contribution is -2.12. The van der Waals surface area contributed by atoms with Gasteiger partial charge in [-0.15, -0.1) is 0 Å². The number of rotatable bonds is 2. The summed E-state index contributed by atoms with van der Waals surface area (Å²) in [5.74, 6) is -0.665. The van der Waals surface area contributed by atoms with Crippen LogP contribution in [0.15, 0.2) is 40.9 Å². The Balaban J connectivity index is 2.25. The Kier molecular flexibility index (Phi) is 4.22. The highest BCUT2D eigenvalue weighted by Crippen LogP contribution is 2.24. The number of hydrogen-bond acceptors (Lipinski definition) is 1. The van der Waals surface area contributed by atoms with Crippen molar-refractivity contribution in [2.75, 3.05) is 5.32 Å². The van der Waals surface area contributed by atoms with Gasteiger partial charge in [-0.05, 0) is 64.8 Å². The van der Waals surface area contributed by atoms with Gasteiger partial charge in [-0.1, -0.05) is 11.6 Å². The zero-order valence-electron chi connectivity index (χ0n) is 10.0. The Morgan fingerprint density at radius 2 is 2.00 bits per heavy atom. The lowest BCUT2D eigenvalue weighted by atomic mass is 10.1. The maximum atomic E-state index is 13.0. The van der Waals surface area contributed by atoms with Crippen molar-refractivity contribution in [3.63, 3.8) is 0 Å². The third-order valence-electron chi connectivity index (χ3n) is 2.48. The third-order valence-corrected chi connectivity index (χ3v) is 3.36. The molecule has 2 aromatic rings. The fraction of sp³-hybridized carbons (Fsp3) is 0.0714. The summed E-state index contributed by atoms with van der Waals surface area (Å²) in [5, 5.41) is 3.20. The molecule has 0 fully saturated rings. The Morgan fingerprint density at radius 3 is 2.63 bits per heavy atom. The van der Waals surface area contributed by atoms with Crippen molar-refractivity contribution < 1.29 is 9.18 Å². The summed E-state index contributed by atoms with van der Waals surface area (Å²) in [6, 6.07) is 9.16. The smallest absolute Gasteiger partial charge is 0.255 e. The van der Waals surface area contributed by atoms with E-state index in [2.05, 4.69) is 21.2 Å². The van der Waals surface area contributed by atoms with Gasteiger partial charge in [0.15, 0.2) is 0 Å². The highest BCUT2D eigenvalue weighted by Gasteiger charge is 2.10. The van der Waals surface area contributed by atoms with Crippen LogP contribution >= 0.6 is 27.5 Å². The summed E-state index contributed by atoms with van der Waals surface area (Å²) in [5.41, 5.74) is 1.86. The molecular weight excluding hydrogens is 333 g/mol. The van der Waals surface area contributed by atoms with Gasteiger partial charge >= 0.3 is 0 Å². The fourth-order valence-corrected chi connectivity index (χ4v) is 2.39. The number of carbonyl (C=O) groups excluding carboxylic acids is 1. The van der Waals surface area contributed by atoms with Gasteiger partial charge in [0, 0.05) is 15.1 Å². The van der Waals surface area contributed by atoms with E-state index in [1.54, 1.807) is 18.2 Å². The Hall–Kier alpha value is -1.39. The van der Waals surface area contributed by atoms with Crippen LogP contribution in [-0.4, -0.2) is 5.91 Å². The van der Waals surface area contributed by atoms with Crippen LogP contribution in [0, 0.1) is 12.7 Å². The van der Waals surface area contributed by atoms with Crippen molar-refractivity contribution >= 4 is 39.1 Å². The minimum absolute atomic E-state index is 0.294. The number of benzene rings is 2. The van der Waals surface area contributed by atoms with E-state index in [-0.39, 0.29) is 11.7 Å². The van der Waals surface area contributed by atoms with Gasteiger partial charge in [-0.2, -0.15) is 0 Å². The largest absolute Gasteiger partial charge is 0.321 e. The Labute approximate surface area is 123 Å². The number of nitrogens with one attached hydrogen (secondary N) is 1. The highest BCUT2D eigenvalue weighted by molar-refractivity contribution is 9.10. The van der Waals surface area contributed by atoms with Crippen molar-refractivity contribution in [3.8, 4) is 0 Å². The predicted octanol–water partition coefficient (Wildman–Crippen LogP) is 4.80. The van der Waals surface area contributed by atoms with Gasteiger partial charge in [0.05, 0.1) is 5.69 Å². The second kappa shape index (κ2) is 5.72. The molecule has 0 saturated heterocycles. The molecule has 0 saturated carbocycles. The van der Waals surface area contributed by atoms with E-state index in [4.69, 9.17) is 11.6 Å². The predicted molar refractivity (Wildman–Crippen MR) is 78.2 cm³/mol. The second-order valence-electron chi connectivity index (χ2n) is 4.10. The Morgan fingerprint density at radius 1 is 1.26 bits per heavy atom. The molecule has 0 bridgehead atoms. The van der Waals surface area contributed by atoms with Crippen LogP contribution in [-0.2, 0) is 0 Å². The average molecular weight is 343 g/mol. The van der Waals surface area contributed by atoms with Crippen molar-refractivity contribution in [1.29, 1.82) is 0 Å². The van der Waals surface area contributed by atoms with Crippen LogP contribution in [0.1, 0.15) is 15.9 Å². The summed E-state index contributed by atoms with van der Waals surface area (Å²) in [6.45, 7) is 1.86. The molecule has 0 heterocycles. The molecule has 1 amide bonds. The second-order valence-corrected chi connectivity index (χ2v) is 5.39. The van der Waals surface area contributed by atoms with Crippen LogP contribution in [0.25, 0.3) is 0 Å². The number of hydrogen-bond donors (Lipinski definition) is 1. The normalized spacial score (nSPS) is 10.3. The standard InChI is InChI=1S/C14H10BrClFNO/c1-8-4-9(6-10(16)5-8)14(19)18-13-3-2-11(17)7-12(13)15/h2-7H,1H3,(H,18,19). The van der Waals surface area contributed by atoms with Crippen LogP contribution in [0.4, 0.5) is 10.1 Å². The first-order valence-electron chi connectivity index (χ1n) is 5.49. The summed E-state index contributed by atoms with van der Waals surface area (Å²) in [6.07, 6.45) is 0. The zero-order valence-corrected chi connectivity index (χ0v) is 12.3. The first-order chi connectivity index (χ1) is 8.95. The van der Waals surface area contributed by atoms with Gasteiger partial charge < -0.3 is 5.32 Å². The van der Waals surface area contributed by atoms with Crippen LogP contribution in [0.2, 0.25) is 5.02 Å². The maximum absolute atomic E-state index is 13.0. The highest BCUT2D eigenvalue weighted by atomic mass is 79.9. The molecule has 0 aliphatic carbocycles. The average Bonchev–Trinajstić information content (AvgIpc) is 2.31. The van der Waals surface area contributed by atoms with E-state index in [1.807, 2.05) is 6.92 Å². The summed E-state index contributed by atoms with van der Waals surface area (Å²) >= 11 is 9.11. The number of amides is 1. The molecule has 0 radical (unpaired) electrons. The van der Waals surface area contributed by atoms with E-state index in [9.17, 15) is 9.18 Å². The van der Waals surface area contributed by atoms with Gasteiger partial charge in [-0.3, -0.25) is 4.79 Å². The quantitative estimate of drug-likeness (QED) is 0.834. The molecule has 19 heavy (non-hydrogen) atoms. The van der Waals surface area contributed by atoms with Gasteiger partial charge in [0.25, 0.3) is 5.91 Å². The van der Waals surface area contributed by atoms with E-state index >= 15 is 0 Å². The van der Waals surface area contributed by atoms with Crippen LogP contribution < -0.4 is 5.32 Å². The maximum Gasteiger partial charge on any atom is 0.255 e. The van der Waals surface area contributed by atoms with Crippen molar-refractivity contribution in [2.24, 2.45) is 0 Å². The molecule has 0 spiro atoms. The van der Waals surface area contributed by atoms with Crippen LogP contribution in [0.3, 0.4) is 0 Å². The molecule has 0 aliphatic rings. The van der Waals surface area contributed by atoms with Gasteiger partial charge in [0.1, 0.15) is 5.82 Å². The minimum Gasteiger partial charge on any atom is -0.321 e. The van der Waals surface area contributed by atoms with Crippen molar-refractivity contribution in [3.05, 3.63) is 62.8 Å². The van der Waals surface area contributed by atoms with Gasteiger partial charge in [-0.25, -0.2) is 4.39 Å². The number of anilines is 1. The summed E-state index contributed by atoms with van der Waals surface area (Å²) in [4.78, 5) is 12.1. The molecule has 2 rings (SSSR count). The molecule has 98 valence electrons. The monoisotopic (exact) mass is 341 g/mol. The number of carbonyl (C=O) groups is 1. The lowest BCUT2D eigenvalue weighted by molar-refractivity contribution is 0.102. The first-order valence-corrected chi connectivity index (χ1v) is 6.66. The van der Waals surface area contributed by atoms with E-state index in [0.717, 1.165) is 5.56 Å². The molecule has 2 nitrogen and oxygen atoms in total. The molecular formula is C14H10BrClFNO. The van der Waals surface area contributed by atoms with E-state index < -0.39 is 0 Å². The van der Waals surface area contributed by atoms with Gasteiger partial charge in [0.2, 0.25) is 0 Å². The molecule has 0 atom stereocenters. The minimum atomic E-state index is -0.372. The molecule has 1 N–H and O–H groups in total. The van der Waals surface area contributed by atoms with Crippen molar-refractivity contribution in [1.82, 2.24) is 0 Å². The van der Waals surface area contributed by atoms with E-state index in [1.165, 1.54) is 18.2 Å².